The fraction of sp³-hybridized carbons (Fsp3) is 0.455. The van der Waals surface area contributed by atoms with Gasteiger partial charge < -0.3 is 9.64 Å². The van der Waals surface area contributed by atoms with Crippen molar-refractivity contribution in [3.05, 3.63) is 53.6 Å². The number of hydrogen-bond donors (Lipinski definition) is 1. The van der Waals surface area contributed by atoms with E-state index < -0.39 is 10.0 Å². The molecule has 5 nitrogen and oxygen atoms in total. The quantitative estimate of drug-likeness (QED) is 0.784. The lowest BCUT2D eigenvalue weighted by Crippen LogP contribution is -2.29. The van der Waals surface area contributed by atoms with Crippen molar-refractivity contribution >= 4 is 21.4 Å². The Bertz CT molecular complexity index is 919. The van der Waals surface area contributed by atoms with Crippen LogP contribution < -0.4 is 14.4 Å². The van der Waals surface area contributed by atoms with Gasteiger partial charge in [-0.25, -0.2) is 8.42 Å². The molecule has 150 valence electrons. The summed E-state index contributed by atoms with van der Waals surface area (Å²) in [5.74, 6) is 0.862. The molecule has 1 N–H and O–H groups in total. The molecule has 0 unspecified atom stereocenters. The van der Waals surface area contributed by atoms with Gasteiger partial charge in [0, 0.05) is 24.5 Å². The van der Waals surface area contributed by atoms with E-state index in [1.54, 1.807) is 7.11 Å². The molecule has 0 aromatic heterocycles. The molecule has 2 aromatic carbocycles. The van der Waals surface area contributed by atoms with E-state index in [-0.39, 0.29) is 5.25 Å². The van der Waals surface area contributed by atoms with Crippen LogP contribution in [0.1, 0.15) is 43.2 Å². The first-order valence-electron chi connectivity index (χ1n) is 10.1. The van der Waals surface area contributed by atoms with Gasteiger partial charge in [-0.3, -0.25) is 4.72 Å². The monoisotopic (exact) mass is 400 g/mol. The van der Waals surface area contributed by atoms with Crippen LogP contribution in [0.2, 0.25) is 0 Å². The smallest absolute Gasteiger partial charge is 0.235 e. The van der Waals surface area contributed by atoms with Crippen molar-refractivity contribution < 1.29 is 13.2 Å². The minimum atomic E-state index is -3.30. The van der Waals surface area contributed by atoms with Crippen LogP contribution in [-0.2, 0) is 23.0 Å². The Morgan fingerprint density at radius 2 is 1.82 bits per heavy atom. The molecule has 1 saturated carbocycles. The minimum absolute atomic E-state index is 0.249. The third-order valence-corrected chi connectivity index (χ3v) is 7.72. The second kappa shape index (κ2) is 8.03. The molecule has 2 aromatic rings. The Kier molecular flexibility index (Phi) is 5.49. The molecule has 6 heteroatoms. The Morgan fingerprint density at radius 3 is 2.54 bits per heavy atom. The second-order valence-electron chi connectivity index (χ2n) is 7.77. The number of anilines is 2. The SMILES string of the molecule is COc1ccc(CN2CCc3cc(NS(=O)(=O)C4CCCCC4)ccc32)cc1. The van der Waals surface area contributed by atoms with E-state index in [0.717, 1.165) is 57.4 Å². The van der Waals surface area contributed by atoms with Gasteiger partial charge >= 0.3 is 0 Å². The number of benzene rings is 2. The van der Waals surface area contributed by atoms with E-state index in [4.69, 9.17) is 4.74 Å². The lowest BCUT2D eigenvalue weighted by atomic mass is 10.0. The second-order valence-corrected chi connectivity index (χ2v) is 9.73. The summed E-state index contributed by atoms with van der Waals surface area (Å²) in [6.45, 7) is 1.78. The standard InChI is InChI=1S/C22H28N2O3S/c1-27-20-10-7-17(8-11-20)16-24-14-13-18-15-19(9-12-22(18)24)23-28(25,26)21-5-3-2-4-6-21/h7-12,15,21,23H,2-6,13-14,16H2,1H3. The van der Waals surface area contributed by atoms with Gasteiger partial charge in [0.25, 0.3) is 0 Å². The number of rotatable bonds is 6. The zero-order valence-electron chi connectivity index (χ0n) is 16.4. The fourth-order valence-corrected chi connectivity index (χ4v) is 5.85. The van der Waals surface area contributed by atoms with E-state index in [1.807, 2.05) is 30.3 Å². The van der Waals surface area contributed by atoms with Gasteiger partial charge in [0.2, 0.25) is 10.0 Å². The fourth-order valence-electron chi connectivity index (χ4n) is 4.27. The van der Waals surface area contributed by atoms with Gasteiger partial charge in [-0.2, -0.15) is 0 Å². The molecule has 1 fully saturated rings. The van der Waals surface area contributed by atoms with Gasteiger partial charge in [0.15, 0.2) is 0 Å². The van der Waals surface area contributed by atoms with Crippen molar-refractivity contribution in [3.8, 4) is 5.75 Å². The summed E-state index contributed by atoms with van der Waals surface area (Å²) in [5, 5.41) is -0.249. The van der Waals surface area contributed by atoms with Crippen LogP contribution in [0.5, 0.6) is 5.75 Å². The molecule has 1 heterocycles. The van der Waals surface area contributed by atoms with Crippen LogP contribution in [0.4, 0.5) is 11.4 Å². The maximum atomic E-state index is 12.7. The van der Waals surface area contributed by atoms with E-state index in [2.05, 4.69) is 21.8 Å². The third-order valence-electron chi connectivity index (χ3n) is 5.85. The van der Waals surface area contributed by atoms with Crippen LogP contribution >= 0.6 is 0 Å². The van der Waals surface area contributed by atoms with Crippen molar-refractivity contribution in [2.75, 3.05) is 23.3 Å². The number of hydrogen-bond acceptors (Lipinski definition) is 4. The van der Waals surface area contributed by atoms with Crippen LogP contribution in [0, 0.1) is 0 Å². The Hall–Kier alpha value is -2.21. The first-order valence-corrected chi connectivity index (χ1v) is 11.6. The highest BCUT2D eigenvalue weighted by Crippen LogP contribution is 2.33. The number of nitrogens with one attached hydrogen (secondary N) is 1. The first kappa shape index (κ1) is 19.1. The van der Waals surface area contributed by atoms with Crippen LogP contribution in [0.15, 0.2) is 42.5 Å². The molecule has 0 radical (unpaired) electrons. The summed E-state index contributed by atoms with van der Waals surface area (Å²) in [6, 6.07) is 14.1. The largest absolute Gasteiger partial charge is 0.497 e. The number of sulfonamides is 1. The van der Waals surface area contributed by atoms with Crippen LogP contribution in [-0.4, -0.2) is 27.3 Å². The predicted octanol–water partition coefficient (Wildman–Crippen LogP) is 4.33. The van der Waals surface area contributed by atoms with Gasteiger partial charge in [0.05, 0.1) is 12.4 Å². The molecular formula is C22H28N2O3S. The lowest BCUT2D eigenvalue weighted by molar-refractivity contribution is 0.414. The van der Waals surface area contributed by atoms with E-state index in [1.165, 1.54) is 16.8 Å². The molecule has 28 heavy (non-hydrogen) atoms. The number of methoxy groups -OCH3 is 1. The molecule has 0 spiro atoms. The summed E-state index contributed by atoms with van der Waals surface area (Å²) in [7, 11) is -1.63. The average Bonchev–Trinajstić information content (AvgIpc) is 3.11. The van der Waals surface area contributed by atoms with Crippen molar-refractivity contribution in [2.24, 2.45) is 0 Å². The highest BCUT2D eigenvalue weighted by molar-refractivity contribution is 7.93. The minimum Gasteiger partial charge on any atom is -0.497 e. The molecule has 0 atom stereocenters. The van der Waals surface area contributed by atoms with Crippen molar-refractivity contribution in [1.29, 1.82) is 0 Å². The van der Waals surface area contributed by atoms with E-state index in [9.17, 15) is 8.42 Å². The molecule has 1 aliphatic carbocycles. The number of ether oxygens (including phenoxy) is 1. The van der Waals surface area contributed by atoms with Gasteiger partial charge in [-0.15, -0.1) is 0 Å². The zero-order chi connectivity index (χ0) is 19.6. The summed E-state index contributed by atoms with van der Waals surface area (Å²) < 4.78 is 33.4. The third kappa shape index (κ3) is 4.12. The Labute approximate surface area is 167 Å². The van der Waals surface area contributed by atoms with Crippen LogP contribution in [0.25, 0.3) is 0 Å². The number of nitrogens with zero attached hydrogens (tertiary/aromatic N) is 1. The molecule has 2 aliphatic rings. The number of fused-ring (bicyclic) bond motifs is 1. The van der Waals surface area contributed by atoms with E-state index in [0.29, 0.717) is 5.69 Å². The first-order chi connectivity index (χ1) is 13.5. The van der Waals surface area contributed by atoms with E-state index >= 15 is 0 Å². The summed E-state index contributed by atoms with van der Waals surface area (Å²) >= 11 is 0. The predicted molar refractivity (Wildman–Crippen MR) is 114 cm³/mol. The highest BCUT2D eigenvalue weighted by Gasteiger charge is 2.28. The summed E-state index contributed by atoms with van der Waals surface area (Å²) in [5.41, 5.74) is 4.32. The van der Waals surface area contributed by atoms with Crippen molar-refractivity contribution in [3.63, 3.8) is 0 Å². The summed E-state index contributed by atoms with van der Waals surface area (Å²) in [6.07, 6.45) is 5.65. The highest BCUT2D eigenvalue weighted by atomic mass is 32.2. The zero-order valence-corrected chi connectivity index (χ0v) is 17.2. The molecule has 1 aliphatic heterocycles. The lowest BCUT2D eigenvalue weighted by Gasteiger charge is -2.23. The molecule has 4 rings (SSSR count). The normalized spacial score (nSPS) is 17.4. The average molecular weight is 401 g/mol. The Morgan fingerprint density at radius 1 is 1.07 bits per heavy atom. The van der Waals surface area contributed by atoms with Crippen molar-refractivity contribution in [2.45, 2.75) is 50.3 Å². The maximum Gasteiger partial charge on any atom is 0.235 e. The van der Waals surface area contributed by atoms with Gasteiger partial charge in [0.1, 0.15) is 5.75 Å². The molecule has 0 bridgehead atoms. The molecule has 0 amide bonds. The summed E-state index contributed by atoms with van der Waals surface area (Å²) in [4.78, 5) is 2.34. The van der Waals surface area contributed by atoms with Crippen LogP contribution in [0.3, 0.4) is 0 Å². The Balaban J connectivity index is 1.45. The molecular weight excluding hydrogens is 372 g/mol. The topological polar surface area (TPSA) is 58.6 Å². The maximum absolute atomic E-state index is 12.7. The van der Waals surface area contributed by atoms with Gasteiger partial charge in [-0.05, 0) is 60.7 Å². The van der Waals surface area contributed by atoms with Crippen molar-refractivity contribution in [1.82, 2.24) is 0 Å². The molecule has 0 saturated heterocycles. The van der Waals surface area contributed by atoms with Gasteiger partial charge in [-0.1, -0.05) is 31.4 Å².